The van der Waals surface area contributed by atoms with Crippen molar-refractivity contribution in [1.82, 2.24) is 0 Å². The summed E-state index contributed by atoms with van der Waals surface area (Å²) in [5.74, 6) is -2.46. The first-order valence-electron chi connectivity index (χ1n) is 5.40. The Kier molecular flexibility index (Phi) is 5.05. The first-order chi connectivity index (χ1) is 8.86. The van der Waals surface area contributed by atoms with Gasteiger partial charge in [-0.1, -0.05) is 6.07 Å². The Morgan fingerprint density at radius 1 is 1.32 bits per heavy atom. The molecule has 106 valence electrons. The van der Waals surface area contributed by atoms with Gasteiger partial charge in [0.2, 0.25) is 0 Å². The molecule has 1 aromatic carbocycles. The molecule has 0 aromatic heterocycles. The zero-order chi connectivity index (χ0) is 14.6. The summed E-state index contributed by atoms with van der Waals surface area (Å²) in [5.41, 5.74) is 0.159. The van der Waals surface area contributed by atoms with Gasteiger partial charge in [0, 0.05) is 0 Å². The molecule has 19 heavy (non-hydrogen) atoms. The highest BCUT2D eigenvalue weighted by molar-refractivity contribution is 5.70. The number of hydrogen-bond acceptors (Lipinski definition) is 4. The molecule has 0 saturated heterocycles. The van der Waals surface area contributed by atoms with Crippen LogP contribution in [0.4, 0.5) is 8.78 Å². The van der Waals surface area contributed by atoms with E-state index in [1.54, 1.807) is 0 Å². The van der Waals surface area contributed by atoms with Gasteiger partial charge in [0.25, 0.3) is 0 Å². The first-order valence-corrected chi connectivity index (χ1v) is 5.40. The molecule has 5 nitrogen and oxygen atoms in total. The van der Waals surface area contributed by atoms with Crippen molar-refractivity contribution in [3.05, 3.63) is 23.8 Å². The summed E-state index contributed by atoms with van der Waals surface area (Å²) in [6, 6.07) is 3.85. The van der Waals surface area contributed by atoms with Gasteiger partial charge in [-0.3, -0.25) is 4.79 Å². The lowest BCUT2D eigenvalue weighted by molar-refractivity contribution is -0.145. The van der Waals surface area contributed by atoms with E-state index in [2.05, 4.69) is 4.74 Å². The SMILES string of the molecule is COc1ccc(C(O)C(C)C(=O)O)cc1OC(F)F. The van der Waals surface area contributed by atoms with Gasteiger partial charge in [-0.15, -0.1) is 0 Å². The summed E-state index contributed by atoms with van der Waals surface area (Å²) >= 11 is 0. The van der Waals surface area contributed by atoms with Crippen LogP contribution in [0.5, 0.6) is 11.5 Å². The third kappa shape index (κ3) is 3.78. The molecule has 0 aliphatic rings. The standard InChI is InChI=1S/C12H14F2O5/c1-6(11(16)17)10(15)7-3-4-8(18-2)9(5-7)19-12(13)14/h3-6,10,12,15H,1-2H3,(H,16,17). The smallest absolute Gasteiger partial charge is 0.387 e. The molecule has 0 radical (unpaired) electrons. The number of ether oxygens (including phenoxy) is 2. The topological polar surface area (TPSA) is 76.0 Å². The minimum atomic E-state index is -3.04. The lowest BCUT2D eigenvalue weighted by Gasteiger charge is -2.17. The van der Waals surface area contributed by atoms with Crippen LogP contribution >= 0.6 is 0 Å². The number of hydrogen-bond donors (Lipinski definition) is 2. The van der Waals surface area contributed by atoms with Crippen LogP contribution < -0.4 is 9.47 Å². The predicted octanol–water partition coefficient (Wildman–Crippen LogP) is 2.05. The summed E-state index contributed by atoms with van der Waals surface area (Å²) in [6.07, 6.45) is -1.33. The second kappa shape index (κ2) is 6.33. The monoisotopic (exact) mass is 276 g/mol. The van der Waals surface area contributed by atoms with Crippen molar-refractivity contribution >= 4 is 5.97 Å². The Morgan fingerprint density at radius 3 is 2.42 bits per heavy atom. The highest BCUT2D eigenvalue weighted by atomic mass is 19.3. The van der Waals surface area contributed by atoms with Crippen molar-refractivity contribution in [2.24, 2.45) is 5.92 Å². The summed E-state index contributed by atoms with van der Waals surface area (Å²) in [7, 11) is 1.28. The second-order valence-electron chi connectivity index (χ2n) is 3.86. The van der Waals surface area contributed by atoms with Crippen LogP contribution in [-0.4, -0.2) is 29.9 Å². The molecule has 0 saturated carbocycles. The minimum absolute atomic E-state index is 0.0687. The van der Waals surface area contributed by atoms with E-state index in [-0.39, 0.29) is 17.1 Å². The van der Waals surface area contributed by atoms with Crippen molar-refractivity contribution in [2.45, 2.75) is 19.6 Å². The van der Waals surface area contributed by atoms with E-state index in [9.17, 15) is 18.7 Å². The van der Waals surface area contributed by atoms with E-state index in [1.807, 2.05) is 0 Å². The highest BCUT2D eigenvalue weighted by Gasteiger charge is 2.24. The van der Waals surface area contributed by atoms with Crippen molar-refractivity contribution in [3.8, 4) is 11.5 Å². The zero-order valence-electron chi connectivity index (χ0n) is 10.3. The van der Waals surface area contributed by atoms with Crippen molar-refractivity contribution in [3.63, 3.8) is 0 Å². The van der Waals surface area contributed by atoms with E-state index in [4.69, 9.17) is 9.84 Å². The number of carbonyl (C=O) groups is 1. The number of carboxylic acids is 1. The van der Waals surface area contributed by atoms with E-state index >= 15 is 0 Å². The molecule has 0 heterocycles. The van der Waals surface area contributed by atoms with Crippen molar-refractivity contribution in [2.75, 3.05) is 7.11 Å². The van der Waals surface area contributed by atoms with Crippen LogP contribution in [0.25, 0.3) is 0 Å². The van der Waals surface area contributed by atoms with Gasteiger partial charge in [-0.05, 0) is 24.6 Å². The summed E-state index contributed by atoms with van der Waals surface area (Å²) in [5, 5.41) is 18.6. The van der Waals surface area contributed by atoms with E-state index in [1.165, 1.54) is 26.2 Å². The molecule has 0 bridgehead atoms. The van der Waals surface area contributed by atoms with E-state index in [0.29, 0.717) is 0 Å². The zero-order valence-corrected chi connectivity index (χ0v) is 10.3. The number of aliphatic carboxylic acids is 1. The van der Waals surface area contributed by atoms with Gasteiger partial charge < -0.3 is 19.7 Å². The number of aliphatic hydroxyl groups excluding tert-OH is 1. The molecule has 0 fully saturated rings. The largest absolute Gasteiger partial charge is 0.493 e. The van der Waals surface area contributed by atoms with E-state index in [0.717, 1.165) is 6.07 Å². The van der Waals surface area contributed by atoms with Gasteiger partial charge in [0.15, 0.2) is 11.5 Å². The Morgan fingerprint density at radius 2 is 1.95 bits per heavy atom. The predicted molar refractivity (Wildman–Crippen MR) is 61.4 cm³/mol. The normalized spacial score (nSPS) is 14.0. The first kappa shape index (κ1) is 15.2. The molecule has 0 spiro atoms. The van der Waals surface area contributed by atoms with E-state index < -0.39 is 24.6 Å². The molecule has 2 atom stereocenters. The average Bonchev–Trinajstić information content (AvgIpc) is 2.36. The van der Waals surface area contributed by atoms with Crippen LogP contribution in [0.15, 0.2) is 18.2 Å². The molecule has 0 amide bonds. The summed E-state index contributed by atoms with van der Waals surface area (Å²) in [6.45, 7) is -1.73. The molecule has 7 heteroatoms. The lowest BCUT2D eigenvalue weighted by Crippen LogP contribution is -2.18. The Labute approximate surface area is 108 Å². The number of benzene rings is 1. The van der Waals surface area contributed by atoms with Crippen LogP contribution in [0, 0.1) is 5.92 Å². The van der Waals surface area contributed by atoms with Crippen molar-refractivity contribution < 1.29 is 33.3 Å². The van der Waals surface area contributed by atoms with Crippen molar-refractivity contribution in [1.29, 1.82) is 0 Å². The summed E-state index contributed by atoms with van der Waals surface area (Å²) < 4.78 is 33.5. The maximum atomic E-state index is 12.2. The number of aliphatic hydroxyl groups is 1. The van der Waals surface area contributed by atoms with Gasteiger partial charge in [-0.2, -0.15) is 8.78 Å². The molecule has 0 aliphatic carbocycles. The van der Waals surface area contributed by atoms with Gasteiger partial charge in [0.1, 0.15) is 0 Å². The Balaban J connectivity index is 3.06. The number of rotatable bonds is 6. The Bertz CT molecular complexity index is 450. The molecular weight excluding hydrogens is 262 g/mol. The number of carboxylic acid groups (broad SMARTS) is 1. The third-order valence-corrected chi connectivity index (χ3v) is 2.61. The second-order valence-corrected chi connectivity index (χ2v) is 3.86. The molecule has 2 unspecified atom stereocenters. The average molecular weight is 276 g/mol. The van der Waals surface area contributed by atoms with Crippen LogP contribution in [0.3, 0.4) is 0 Å². The molecule has 2 N–H and O–H groups in total. The quantitative estimate of drug-likeness (QED) is 0.831. The van der Waals surface area contributed by atoms with Crippen LogP contribution in [0.2, 0.25) is 0 Å². The fraction of sp³-hybridized carbons (Fsp3) is 0.417. The van der Waals surface area contributed by atoms with Gasteiger partial charge >= 0.3 is 12.6 Å². The van der Waals surface area contributed by atoms with Gasteiger partial charge in [0.05, 0.1) is 19.1 Å². The third-order valence-electron chi connectivity index (χ3n) is 2.61. The fourth-order valence-electron chi connectivity index (χ4n) is 1.49. The molecular formula is C12H14F2O5. The number of methoxy groups -OCH3 is 1. The van der Waals surface area contributed by atoms with Gasteiger partial charge in [-0.25, -0.2) is 0 Å². The summed E-state index contributed by atoms with van der Waals surface area (Å²) in [4.78, 5) is 10.8. The minimum Gasteiger partial charge on any atom is -0.493 e. The fourth-order valence-corrected chi connectivity index (χ4v) is 1.49. The maximum Gasteiger partial charge on any atom is 0.387 e. The van der Waals surface area contributed by atoms with Crippen LogP contribution in [0.1, 0.15) is 18.6 Å². The molecule has 0 aliphatic heterocycles. The Hall–Kier alpha value is -1.89. The number of halogens is 2. The maximum absolute atomic E-state index is 12.2. The number of alkyl halides is 2. The molecule has 1 aromatic rings. The van der Waals surface area contributed by atoms with Crippen LogP contribution in [-0.2, 0) is 4.79 Å². The lowest BCUT2D eigenvalue weighted by atomic mass is 9.97. The highest BCUT2D eigenvalue weighted by Crippen LogP contribution is 2.33. The molecule has 1 rings (SSSR count).